The van der Waals surface area contributed by atoms with Gasteiger partial charge in [-0.3, -0.25) is 19.4 Å². The van der Waals surface area contributed by atoms with Gasteiger partial charge < -0.3 is 9.47 Å². The van der Waals surface area contributed by atoms with Gasteiger partial charge in [-0.1, -0.05) is 12.1 Å². The summed E-state index contributed by atoms with van der Waals surface area (Å²) in [4.78, 5) is 32.7. The van der Waals surface area contributed by atoms with Crippen LogP contribution in [-0.4, -0.2) is 37.8 Å². The molecule has 0 saturated carbocycles. The second-order valence-electron chi connectivity index (χ2n) is 7.20. The van der Waals surface area contributed by atoms with Crippen molar-refractivity contribution in [2.45, 2.75) is 32.7 Å². The molecule has 28 heavy (non-hydrogen) atoms. The fourth-order valence-corrected chi connectivity index (χ4v) is 3.83. The van der Waals surface area contributed by atoms with Crippen molar-refractivity contribution in [3.63, 3.8) is 0 Å². The highest BCUT2D eigenvalue weighted by Gasteiger charge is 2.23. The van der Waals surface area contributed by atoms with E-state index in [4.69, 9.17) is 5.41 Å². The molecule has 1 aliphatic heterocycles. The van der Waals surface area contributed by atoms with Crippen molar-refractivity contribution >= 4 is 22.6 Å². The molecule has 3 aromatic heterocycles. The molecule has 4 rings (SSSR count). The van der Waals surface area contributed by atoms with Crippen LogP contribution in [0.5, 0.6) is 0 Å². The summed E-state index contributed by atoms with van der Waals surface area (Å²) in [7, 11) is 0. The standard InChI is InChI=1S/C21H23N5O2/c1-3-9-25-17(22)15(20(27)24-10-5-4-6-11-24)13-16-19(25)23-18-14(2)8-7-12-26(18)21(16)28/h3,7-8,12-13,22H,1,4-6,9-11H2,2H3. The maximum Gasteiger partial charge on any atom is 0.267 e. The smallest absolute Gasteiger partial charge is 0.267 e. The summed E-state index contributed by atoms with van der Waals surface area (Å²) in [5, 5.41) is 8.97. The second-order valence-corrected chi connectivity index (χ2v) is 7.20. The summed E-state index contributed by atoms with van der Waals surface area (Å²) in [5.41, 5.74) is 1.88. The number of nitrogens with one attached hydrogen (secondary N) is 1. The molecule has 1 N–H and O–H groups in total. The largest absolute Gasteiger partial charge is 0.339 e. The Labute approximate surface area is 162 Å². The van der Waals surface area contributed by atoms with Crippen molar-refractivity contribution in [1.29, 1.82) is 5.41 Å². The molecule has 1 fully saturated rings. The number of piperidine rings is 1. The van der Waals surface area contributed by atoms with Crippen LogP contribution in [0.4, 0.5) is 0 Å². The van der Waals surface area contributed by atoms with Crippen molar-refractivity contribution < 1.29 is 4.79 Å². The van der Waals surface area contributed by atoms with Crippen LogP contribution in [0, 0.1) is 12.3 Å². The molecule has 0 radical (unpaired) electrons. The fraction of sp³-hybridized carbons (Fsp3) is 0.333. The number of aryl methyl sites for hydroxylation is 1. The Morgan fingerprint density at radius 2 is 2.04 bits per heavy atom. The summed E-state index contributed by atoms with van der Waals surface area (Å²) >= 11 is 0. The molecular weight excluding hydrogens is 354 g/mol. The first-order valence-electron chi connectivity index (χ1n) is 9.53. The van der Waals surface area contributed by atoms with Crippen LogP contribution in [0.2, 0.25) is 0 Å². The molecule has 7 nitrogen and oxygen atoms in total. The molecule has 0 spiro atoms. The van der Waals surface area contributed by atoms with Crippen LogP contribution in [0.25, 0.3) is 16.7 Å². The topological polar surface area (TPSA) is 83.5 Å². The zero-order valence-electron chi connectivity index (χ0n) is 15.9. The number of fused-ring (bicyclic) bond motifs is 2. The number of hydrogen-bond donors (Lipinski definition) is 1. The molecule has 4 heterocycles. The van der Waals surface area contributed by atoms with Gasteiger partial charge >= 0.3 is 0 Å². The maximum atomic E-state index is 13.2. The summed E-state index contributed by atoms with van der Waals surface area (Å²) in [5.74, 6) is -0.196. The van der Waals surface area contributed by atoms with Gasteiger partial charge in [-0.15, -0.1) is 6.58 Å². The number of pyridine rings is 2. The lowest BCUT2D eigenvalue weighted by Crippen LogP contribution is -2.40. The van der Waals surface area contributed by atoms with E-state index in [2.05, 4.69) is 11.6 Å². The summed E-state index contributed by atoms with van der Waals surface area (Å²) in [6.45, 7) is 7.32. The van der Waals surface area contributed by atoms with Crippen molar-refractivity contribution in [2.24, 2.45) is 0 Å². The van der Waals surface area contributed by atoms with Crippen LogP contribution in [0.3, 0.4) is 0 Å². The van der Waals surface area contributed by atoms with E-state index >= 15 is 0 Å². The number of allylic oxidation sites excluding steroid dienone is 1. The van der Waals surface area contributed by atoms with Gasteiger partial charge in [0, 0.05) is 25.8 Å². The highest BCUT2D eigenvalue weighted by Crippen LogP contribution is 2.16. The van der Waals surface area contributed by atoms with Gasteiger partial charge in [-0.2, -0.15) is 0 Å². The van der Waals surface area contributed by atoms with Crippen LogP contribution in [0.1, 0.15) is 35.2 Å². The third-order valence-corrected chi connectivity index (χ3v) is 5.32. The first kappa shape index (κ1) is 18.2. The highest BCUT2D eigenvalue weighted by molar-refractivity contribution is 5.97. The highest BCUT2D eigenvalue weighted by atomic mass is 16.2. The first-order valence-corrected chi connectivity index (χ1v) is 9.53. The van der Waals surface area contributed by atoms with Crippen molar-refractivity contribution in [1.82, 2.24) is 18.9 Å². The first-order chi connectivity index (χ1) is 13.5. The van der Waals surface area contributed by atoms with E-state index in [9.17, 15) is 9.59 Å². The number of nitrogens with zero attached hydrogens (tertiary/aromatic N) is 4. The van der Waals surface area contributed by atoms with Gasteiger partial charge in [0.25, 0.3) is 11.5 Å². The van der Waals surface area contributed by atoms with Crippen LogP contribution >= 0.6 is 0 Å². The van der Waals surface area contributed by atoms with Crippen molar-refractivity contribution in [3.05, 3.63) is 64.0 Å². The van der Waals surface area contributed by atoms with E-state index in [0.29, 0.717) is 36.3 Å². The predicted molar refractivity (Wildman–Crippen MR) is 108 cm³/mol. The van der Waals surface area contributed by atoms with Gasteiger partial charge in [-0.25, -0.2) is 4.98 Å². The molecule has 0 bridgehead atoms. The normalized spacial score (nSPS) is 14.5. The number of aromatic nitrogens is 3. The number of likely N-dealkylation sites (tertiary alicyclic amines) is 1. The molecule has 0 atom stereocenters. The average Bonchev–Trinajstić information content (AvgIpc) is 2.71. The lowest BCUT2D eigenvalue weighted by atomic mass is 10.1. The Morgan fingerprint density at radius 1 is 1.29 bits per heavy atom. The Bertz CT molecular complexity index is 1220. The molecule has 0 aromatic carbocycles. The molecule has 144 valence electrons. The maximum absolute atomic E-state index is 13.2. The Balaban J connectivity index is 2.04. The molecular formula is C21H23N5O2. The Kier molecular flexibility index (Phi) is 4.58. The van der Waals surface area contributed by atoms with E-state index < -0.39 is 0 Å². The monoisotopic (exact) mass is 377 g/mol. The van der Waals surface area contributed by atoms with E-state index in [1.807, 2.05) is 13.0 Å². The van der Waals surface area contributed by atoms with Gasteiger partial charge in [0.1, 0.15) is 16.8 Å². The van der Waals surface area contributed by atoms with Gasteiger partial charge in [0.2, 0.25) is 0 Å². The zero-order chi connectivity index (χ0) is 19.8. The van der Waals surface area contributed by atoms with Crippen LogP contribution < -0.4 is 11.0 Å². The predicted octanol–water partition coefficient (Wildman–Crippen LogP) is 2.25. The van der Waals surface area contributed by atoms with E-state index in [-0.39, 0.29) is 22.5 Å². The molecule has 1 aliphatic rings. The minimum absolute atomic E-state index is 0.0628. The van der Waals surface area contributed by atoms with Gasteiger partial charge in [0.05, 0.1) is 10.9 Å². The molecule has 0 aliphatic carbocycles. The number of amides is 1. The second kappa shape index (κ2) is 7.07. The zero-order valence-corrected chi connectivity index (χ0v) is 15.9. The lowest BCUT2D eigenvalue weighted by Gasteiger charge is -2.27. The number of rotatable bonds is 3. The third kappa shape index (κ3) is 2.83. The van der Waals surface area contributed by atoms with Crippen molar-refractivity contribution in [3.8, 4) is 0 Å². The molecule has 1 amide bonds. The number of hydrogen-bond acceptors (Lipinski definition) is 4. The molecule has 0 unspecified atom stereocenters. The Hall–Kier alpha value is -3.22. The van der Waals surface area contributed by atoms with E-state index in [1.54, 1.807) is 27.8 Å². The minimum atomic E-state index is -0.241. The molecule has 7 heteroatoms. The summed E-state index contributed by atoms with van der Waals surface area (Å²) < 4.78 is 3.09. The van der Waals surface area contributed by atoms with E-state index in [1.165, 1.54) is 10.5 Å². The van der Waals surface area contributed by atoms with Gasteiger partial charge in [-0.05, 0) is 43.9 Å². The number of carbonyl (C=O) groups excluding carboxylic acids is 1. The summed E-state index contributed by atoms with van der Waals surface area (Å²) in [6, 6.07) is 5.23. The quantitative estimate of drug-likeness (QED) is 0.561. The van der Waals surface area contributed by atoms with Gasteiger partial charge in [0.15, 0.2) is 0 Å². The lowest BCUT2D eigenvalue weighted by molar-refractivity contribution is 0.0721. The molecule has 3 aromatic rings. The minimum Gasteiger partial charge on any atom is -0.339 e. The third-order valence-electron chi connectivity index (χ3n) is 5.32. The van der Waals surface area contributed by atoms with Crippen LogP contribution in [0.15, 0.2) is 41.8 Å². The van der Waals surface area contributed by atoms with Crippen LogP contribution in [-0.2, 0) is 6.54 Å². The van der Waals surface area contributed by atoms with E-state index in [0.717, 1.165) is 24.8 Å². The summed E-state index contributed by atoms with van der Waals surface area (Å²) in [6.07, 6.45) is 6.37. The fourth-order valence-electron chi connectivity index (χ4n) is 3.83. The van der Waals surface area contributed by atoms with Crippen molar-refractivity contribution in [2.75, 3.05) is 13.1 Å². The Morgan fingerprint density at radius 3 is 2.75 bits per heavy atom. The molecule has 1 saturated heterocycles. The number of carbonyl (C=O) groups is 1. The average molecular weight is 377 g/mol. The SMILES string of the molecule is C=CCn1c(=N)c(C(=O)N2CCCCC2)cc2c(=O)n3cccc(C)c3nc21.